The third-order valence-corrected chi connectivity index (χ3v) is 5.66. The summed E-state index contributed by atoms with van der Waals surface area (Å²) in [7, 11) is 0. The number of rotatable bonds is 5. The van der Waals surface area contributed by atoms with Crippen molar-refractivity contribution in [2.24, 2.45) is 17.1 Å². The first-order valence-electron chi connectivity index (χ1n) is 8.83. The molecule has 5 nitrogen and oxygen atoms in total. The van der Waals surface area contributed by atoms with E-state index in [9.17, 15) is 9.59 Å². The van der Waals surface area contributed by atoms with Crippen LogP contribution in [0.1, 0.15) is 44.6 Å². The molecule has 5 heteroatoms. The first-order chi connectivity index (χ1) is 11.4. The molecule has 1 saturated heterocycles. The Morgan fingerprint density at radius 2 is 2.04 bits per heavy atom. The van der Waals surface area contributed by atoms with Gasteiger partial charge >= 0.3 is 0 Å². The van der Waals surface area contributed by atoms with Gasteiger partial charge < -0.3 is 11.1 Å². The summed E-state index contributed by atoms with van der Waals surface area (Å²) in [4.78, 5) is 26.3. The van der Waals surface area contributed by atoms with Crippen LogP contribution in [0.3, 0.4) is 0 Å². The molecule has 2 aliphatic rings. The first-order valence-corrected chi connectivity index (χ1v) is 8.83. The fourth-order valence-electron chi connectivity index (χ4n) is 4.27. The van der Waals surface area contributed by atoms with E-state index in [1.54, 1.807) is 0 Å². The van der Waals surface area contributed by atoms with Crippen LogP contribution in [0.25, 0.3) is 0 Å². The molecule has 2 atom stereocenters. The highest BCUT2D eigenvalue weighted by molar-refractivity contribution is 5.92. The number of hydrogen-bond donors (Lipinski definition) is 2. The van der Waals surface area contributed by atoms with Gasteiger partial charge in [-0.15, -0.1) is 0 Å². The van der Waals surface area contributed by atoms with E-state index < -0.39 is 5.41 Å². The fraction of sp³-hybridized carbons (Fsp3) is 0.579. The molecular formula is C19H27N3O2. The molecule has 0 aromatic heterocycles. The van der Waals surface area contributed by atoms with Gasteiger partial charge in [0.1, 0.15) is 0 Å². The Morgan fingerprint density at radius 1 is 1.33 bits per heavy atom. The van der Waals surface area contributed by atoms with Crippen molar-refractivity contribution >= 4 is 17.5 Å². The molecule has 0 spiro atoms. The molecule has 3 N–H and O–H groups in total. The summed E-state index contributed by atoms with van der Waals surface area (Å²) in [5.74, 6) is 0.556. The second kappa shape index (κ2) is 6.55. The lowest BCUT2D eigenvalue weighted by Gasteiger charge is -2.24. The van der Waals surface area contributed by atoms with Gasteiger partial charge in [-0.2, -0.15) is 0 Å². The topological polar surface area (TPSA) is 75.4 Å². The maximum Gasteiger partial charge on any atom is 0.238 e. The molecule has 3 rings (SSSR count). The zero-order chi connectivity index (χ0) is 17.3. The SMILES string of the molecule is CC(C)c1ccc(NC(=O)CN2C[C@@H]3CCC[C@]3(C(N)=O)C2)cc1. The molecular weight excluding hydrogens is 302 g/mol. The van der Waals surface area contributed by atoms with Crippen molar-refractivity contribution in [2.45, 2.75) is 39.0 Å². The normalized spacial score (nSPS) is 26.5. The van der Waals surface area contributed by atoms with E-state index in [0.717, 1.165) is 31.5 Å². The predicted octanol–water partition coefficient (Wildman–Crippen LogP) is 2.34. The van der Waals surface area contributed by atoms with E-state index in [-0.39, 0.29) is 11.8 Å². The third kappa shape index (κ3) is 3.18. The van der Waals surface area contributed by atoms with Gasteiger partial charge in [-0.05, 0) is 42.4 Å². The van der Waals surface area contributed by atoms with E-state index in [4.69, 9.17) is 5.73 Å². The van der Waals surface area contributed by atoms with Crippen LogP contribution in [-0.4, -0.2) is 36.3 Å². The number of likely N-dealkylation sites (tertiary alicyclic amines) is 1. The number of fused-ring (bicyclic) bond motifs is 1. The summed E-state index contributed by atoms with van der Waals surface area (Å²) >= 11 is 0. The Morgan fingerprint density at radius 3 is 2.62 bits per heavy atom. The molecule has 0 bridgehead atoms. The number of benzene rings is 1. The molecule has 2 amide bonds. The second-order valence-electron chi connectivity index (χ2n) is 7.60. The van der Waals surface area contributed by atoms with Crippen LogP contribution >= 0.6 is 0 Å². The van der Waals surface area contributed by atoms with Crippen LogP contribution in [-0.2, 0) is 9.59 Å². The number of nitrogens with zero attached hydrogens (tertiary/aromatic N) is 1. The van der Waals surface area contributed by atoms with Gasteiger partial charge in [-0.3, -0.25) is 14.5 Å². The Labute approximate surface area is 143 Å². The standard InChI is InChI=1S/C19H27N3O2/c1-13(2)14-5-7-16(8-6-14)21-17(23)11-22-10-15-4-3-9-19(15,12-22)18(20)24/h5-8,13,15H,3-4,9-12H2,1-2H3,(H2,20,24)(H,21,23)/t15-,19-/m0/s1. The number of hydrogen-bond acceptors (Lipinski definition) is 3. The van der Waals surface area contributed by atoms with Crippen molar-refractivity contribution in [3.8, 4) is 0 Å². The van der Waals surface area contributed by atoms with Gasteiger partial charge in [0.2, 0.25) is 11.8 Å². The molecule has 130 valence electrons. The van der Waals surface area contributed by atoms with Gasteiger partial charge in [0.15, 0.2) is 0 Å². The van der Waals surface area contributed by atoms with Gasteiger partial charge in [0, 0.05) is 18.8 Å². The van der Waals surface area contributed by atoms with Gasteiger partial charge in [-0.25, -0.2) is 0 Å². The zero-order valence-corrected chi connectivity index (χ0v) is 14.5. The summed E-state index contributed by atoms with van der Waals surface area (Å²) < 4.78 is 0. The lowest BCUT2D eigenvalue weighted by atomic mass is 9.80. The zero-order valence-electron chi connectivity index (χ0n) is 14.5. The van der Waals surface area contributed by atoms with Crippen molar-refractivity contribution in [3.05, 3.63) is 29.8 Å². The lowest BCUT2D eigenvalue weighted by molar-refractivity contribution is -0.128. The molecule has 1 aromatic carbocycles. The molecule has 0 unspecified atom stereocenters. The molecule has 1 saturated carbocycles. The van der Waals surface area contributed by atoms with E-state index in [1.165, 1.54) is 5.56 Å². The van der Waals surface area contributed by atoms with E-state index in [0.29, 0.717) is 24.9 Å². The highest BCUT2D eigenvalue weighted by Gasteiger charge is 2.53. The quantitative estimate of drug-likeness (QED) is 0.870. The number of anilines is 1. The Balaban J connectivity index is 1.57. The number of amides is 2. The van der Waals surface area contributed by atoms with Gasteiger partial charge in [0.05, 0.1) is 12.0 Å². The maximum absolute atomic E-state index is 12.3. The largest absolute Gasteiger partial charge is 0.369 e. The molecule has 2 fully saturated rings. The van der Waals surface area contributed by atoms with Crippen molar-refractivity contribution in [1.29, 1.82) is 0 Å². The number of primary amides is 1. The highest BCUT2D eigenvalue weighted by atomic mass is 16.2. The predicted molar refractivity (Wildman–Crippen MR) is 94.6 cm³/mol. The number of nitrogens with one attached hydrogen (secondary N) is 1. The monoisotopic (exact) mass is 329 g/mol. The van der Waals surface area contributed by atoms with Crippen molar-refractivity contribution in [3.63, 3.8) is 0 Å². The summed E-state index contributed by atoms with van der Waals surface area (Å²) in [6.07, 6.45) is 2.97. The number of carbonyl (C=O) groups is 2. The second-order valence-corrected chi connectivity index (χ2v) is 7.60. The van der Waals surface area contributed by atoms with Crippen molar-refractivity contribution in [2.75, 3.05) is 25.0 Å². The van der Waals surface area contributed by atoms with Gasteiger partial charge in [-0.1, -0.05) is 32.4 Å². The smallest absolute Gasteiger partial charge is 0.238 e. The third-order valence-electron chi connectivity index (χ3n) is 5.66. The van der Waals surface area contributed by atoms with Crippen LogP contribution in [0.4, 0.5) is 5.69 Å². The molecule has 1 aliphatic carbocycles. The fourth-order valence-corrected chi connectivity index (χ4v) is 4.27. The van der Waals surface area contributed by atoms with Crippen molar-refractivity contribution in [1.82, 2.24) is 4.90 Å². The minimum Gasteiger partial charge on any atom is -0.369 e. The maximum atomic E-state index is 12.3. The Bertz CT molecular complexity index is 626. The molecule has 1 heterocycles. The van der Waals surface area contributed by atoms with E-state index in [2.05, 4.69) is 24.1 Å². The van der Waals surface area contributed by atoms with Gasteiger partial charge in [0.25, 0.3) is 0 Å². The summed E-state index contributed by atoms with van der Waals surface area (Å²) in [6.45, 7) is 6.02. The van der Waals surface area contributed by atoms with Crippen molar-refractivity contribution < 1.29 is 9.59 Å². The Kier molecular flexibility index (Phi) is 4.63. The summed E-state index contributed by atoms with van der Waals surface area (Å²) in [5.41, 5.74) is 7.33. The Hall–Kier alpha value is -1.88. The molecule has 1 aromatic rings. The first kappa shape index (κ1) is 17.0. The van der Waals surface area contributed by atoms with Crippen LogP contribution in [0.15, 0.2) is 24.3 Å². The molecule has 1 aliphatic heterocycles. The summed E-state index contributed by atoms with van der Waals surface area (Å²) in [6, 6.07) is 7.97. The molecule has 0 radical (unpaired) electrons. The average molecular weight is 329 g/mol. The highest BCUT2D eigenvalue weighted by Crippen LogP contribution is 2.48. The van der Waals surface area contributed by atoms with Crippen LogP contribution in [0.2, 0.25) is 0 Å². The average Bonchev–Trinajstić information content (AvgIpc) is 3.05. The van der Waals surface area contributed by atoms with Crippen LogP contribution < -0.4 is 11.1 Å². The lowest BCUT2D eigenvalue weighted by Crippen LogP contribution is -2.41. The summed E-state index contributed by atoms with van der Waals surface area (Å²) in [5, 5.41) is 2.95. The van der Waals surface area contributed by atoms with Crippen LogP contribution in [0, 0.1) is 11.3 Å². The minimum atomic E-state index is -0.404. The number of carbonyl (C=O) groups excluding carboxylic acids is 2. The van der Waals surface area contributed by atoms with E-state index >= 15 is 0 Å². The van der Waals surface area contributed by atoms with E-state index in [1.807, 2.05) is 24.3 Å². The number of nitrogens with two attached hydrogens (primary N) is 1. The minimum absolute atomic E-state index is 0.0353. The molecule has 24 heavy (non-hydrogen) atoms. The van der Waals surface area contributed by atoms with Crippen LogP contribution in [0.5, 0.6) is 0 Å².